The standard InChI is InChI=1S/C65H111NO6S2Si/c1-6-8-10-24-38-59(71-63(67)46-44-56-32-18-12-19-33-56)54-73-52-30-16-22-36-58(37-23-17-31-53-74-55-60(39-25-11-9-7-2)72-64(68)47-45-57-34-20-13-21-35-57)66-48-49-69-50-51-70-75(65(3,4)5,61-40-26-14-27-41-61)62-42-28-15-29-43-62/h14-15,26-29,40-43,56-60,66H,6-13,16-25,30-39,44-55H2,1-5H3. The number of rotatable bonds is 44. The van der Waals surface area contributed by atoms with Crippen molar-refractivity contribution in [1.29, 1.82) is 0 Å². The van der Waals surface area contributed by atoms with E-state index in [-0.39, 0.29) is 29.2 Å². The average Bonchev–Trinajstić information content (AvgIpc) is 3.42. The minimum atomic E-state index is -2.59. The Balaban J connectivity index is 1.22. The van der Waals surface area contributed by atoms with Crippen molar-refractivity contribution >= 4 is 54.2 Å². The third kappa shape index (κ3) is 28.2. The van der Waals surface area contributed by atoms with Crippen LogP contribution in [0.5, 0.6) is 0 Å². The van der Waals surface area contributed by atoms with E-state index in [0.29, 0.717) is 38.7 Å². The second-order valence-corrected chi connectivity index (χ2v) is 30.2. The zero-order valence-corrected chi connectivity index (χ0v) is 51.3. The van der Waals surface area contributed by atoms with Crippen LogP contribution in [-0.2, 0) is 28.2 Å². The summed E-state index contributed by atoms with van der Waals surface area (Å²) < 4.78 is 25.7. The molecule has 2 aromatic carbocycles. The number of hydrogen-bond acceptors (Lipinski definition) is 9. The topological polar surface area (TPSA) is 83.1 Å². The van der Waals surface area contributed by atoms with Gasteiger partial charge >= 0.3 is 11.9 Å². The Labute approximate surface area is 470 Å². The van der Waals surface area contributed by atoms with E-state index in [0.717, 1.165) is 79.9 Å². The summed E-state index contributed by atoms with van der Waals surface area (Å²) in [5.74, 6) is 5.62. The molecule has 0 amide bonds. The van der Waals surface area contributed by atoms with Gasteiger partial charge in [-0.1, -0.05) is 224 Å². The third-order valence-corrected chi connectivity index (χ3v) is 23.7. The molecule has 2 aliphatic carbocycles. The second kappa shape index (κ2) is 41.2. The van der Waals surface area contributed by atoms with Gasteiger partial charge in [0, 0.05) is 36.9 Å². The molecule has 0 heterocycles. The van der Waals surface area contributed by atoms with Crippen molar-refractivity contribution in [3.05, 3.63) is 60.7 Å². The summed E-state index contributed by atoms with van der Waals surface area (Å²) in [5.41, 5.74) is 0. The van der Waals surface area contributed by atoms with Crippen LogP contribution in [0.1, 0.15) is 240 Å². The van der Waals surface area contributed by atoms with Gasteiger partial charge in [0.2, 0.25) is 0 Å². The van der Waals surface area contributed by atoms with Crippen LogP contribution < -0.4 is 15.7 Å². The van der Waals surface area contributed by atoms with Crippen LogP contribution in [-0.4, -0.2) is 87.9 Å². The van der Waals surface area contributed by atoms with E-state index in [1.807, 2.05) is 23.5 Å². The highest BCUT2D eigenvalue weighted by Crippen LogP contribution is 2.37. The normalized spacial score (nSPS) is 16.2. The highest BCUT2D eigenvalue weighted by molar-refractivity contribution is 7.99. The molecular formula is C65H111NO6S2Si. The minimum absolute atomic E-state index is 0.0348. The van der Waals surface area contributed by atoms with E-state index in [2.05, 4.69) is 101 Å². The Hall–Kier alpha value is -1.82. The van der Waals surface area contributed by atoms with Crippen molar-refractivity contribution in [3.63, 3.8) is 0 Å². The summed E-state index contributed by atoms with van der Waals surface area (Å²) in [6.45, 7) is 14.2. The number of hydrogen-bond donors (Lipinski definition) is 1. The van der Waals surface area contributed by atoms with Crippen LogP contribution >= 0.6 is 23.5 Å². The first-order valence-electron chi connectivity index (χ1n) is 31.2. The molecule has 0 spiro atoms. The molecule has 2 atom stereocenters. The average molecular weight is 1090 g/mol. The number of esters is 2. The maximum Gasteiger partial charge on any atom is 0.306 e. The minimum Gasteiger partial charge on any atom is -0.461 e. The Morgan fingerprint density at radius 3 is 1.44 bits per heavy atom. The molecule has 428 valence electrons. The summed E-state index contributed by atoms with van der Waals surface area (Å²) in [7, 11) is -2.59. The summed E-state index contributed by atoms with van der Waals surface area (Å²) in [6.07, 6.45) is 37.9. The van der Waals surface area contributed by atoms with E-state index >= 15 is 0 Å². The van der Waals surface area contributed by atoms with Crippen LogP contribution in [0.2, 0.25) is 5.04 Å². The van der Waals surface area contributed by atoms with E-state index in [9.17, 15) is 9.59 Å². The summed E-state index contributed by atoms with van der Waals surface area (Å²) >= 11 is 3.98. The van der Waals surface area contributed by atoms with Gasteiger partial charge in [0.15, 0.2) is 0 Å². The van der Waals surface area contributed by atoms with E-state index in [1.165, 1.54) is 164 Å². The van der Waals surface area contributed by atoms with Crippen LogP contribution in [0, 0.1) is 11.8 Å². The van der Waals surface area contributed by atoms with Gasteiger partial charge < -0.3 is 24.0 Å². The number of thioether (sulfide) groups is 2. The lowest BCUT2D eigenvalue weighted by molar-refractivity contribution is -0.149. The molecule has 0 bridgehead atoms. The fraction of sp³-hybridized carbons (Fsp3) is 0.785. The SMILES string of the molecule is CCCCCCC(CSCCCCCC(CCCCCSCC(CCCCCC)OC(=O)CCC1CCCCC1)NCCOCCO[Si](c1ccccc1)(c1ccccc1)C(C)(C)C)OC(=O)CCC1CCCCC1. The smallest absolute Gasteiger partial charge is 0.306 e. The Kier molecular flexibility index (Phi) is 36.1. The van der Waals surface area contributed by atoms with Gasteiger partial charge in [-0.2, -0.15) is 23.5 Å². The van der Waals surface area contributed by atoms with Gasteiger partial charge in [0.25, 0.3) is 8.32 Å². The number of nitrogens with one attached hydrogen (secondary N) is 1. The lowest BCUT2D eigenvalue weighted by Gasteiger charge is -2.43. The Morgan fingerprint density at radius 1 is 0.560 bits per heavy atom. The highest BCUT2D eigenvalue weighted by atomic mass is 32.2. The fourth-order valence-corrected chi connectivity index (χ4v) is 18.5. The molecular weight excluding hydrogens is 983 g/mol. The van der Waals surface area contributed by atoms with E-state index in [1.54, 1.807) is 0 Å². The van der Waals surface area contributed by atoms with Gasteiger partial charge in [-0.25, -0.2) is 0 Å². The monoisotopic (exact) mass is 1090 g/mol. The molecule has 0 aromatic heterocycles. The Morgan fingerprint density at radius 2 is 1.00 bits per heavy atom. The molecule has 2 fully saturated rings. The lowest BCUT2D eigenvalue weighted by atomic mass is 9.86. The first-order chi connectivity index (χ1) is 36.6. The zero-order valence-electron chi connectivity index (χ0n) is 48.7. The molecule has 2 aliphatic rings. The Bertz CT molecular complexity index is 1580. The quantitative estimate of drug-likeness (QED) is 0.0396. The largest absolute Gasteiger partial charge is 0.461 e. The fourth-order valence-electron chi connectivity index (χ4n) is 11.8. The highest BCUT2D eigenvalue weighted by Gasteiger charge is 2.50. The van der Waals surface area contributed by atoms with Gasteiger partial charge in [0.1, 0.15) is 12.2 Å². The van der Waals surface area contributed by atoms with Crippen LogP contribution in [0.15, 0.2) is 60.7 Å². The first-order valence-corrected chi connectivity index (χ1v) is 35.5. The van der Waals surface area contributed by atoms with Crippen molar-refractivity contribution in [2.45, 2.75) is 263 Å². The predicted molar refractivity (Wildman–Crippen MR) is 327 cm³/mol. The summed E-state index contributed by atoms with van der Waals surface area (Å²) in [6, 6.07) is 22.2. The molecule has 2 unspecified atom stereocenters. The van der Waals surface area contributed by atoms with Crippen molar-refractivity contribution in [3.8, 4) is 0 Å². The first kappa shape index (κ1) is 65.7. The molecule has 0 saturated heterocycles. The van der Waals surface area contributed by atoms with Crippen molar-refractivity contribution in [2.75, 3.05) is 49.4 Å². The molecule has 10 heteroatoms. The number of ether oxygens (including phenoxy) is 3. The predicted octanol–water partition coefficient (Wildman–Crippen LogP) is 16.6. The van der Waals surface area contributed by atoms with E-state index < -0.39 is 8.32 Å². The zero-order chi connectivity index (χ0) is 53.5. The van der Waals surface area contributed by atoms with Crippen molar-refractivity contribution in [2.24, 2.45) is 11.8 Å². The van der Waals surface area contributed by atoms with Gasteiger partial charge in [0.05, 0.1) is 19.8 Å². The van der Waals surface area contributed by atoms with Crippen LogP contribution in [0.4, 0.5) is 0 Å². The van der Waals surface area contributed by atoms with Crippen molar-refractivity contribution < 1.29 is 28.2 Å². The molecule has 4 rings (SSSR count). The molecule has 0 radical (unpaired) electrons. The third-order valence-electron chi connectivity index (χ3n) is 16.3. The van der Waals surface area contributed by atoms with Crippen LogP contribution in [0.25, 0.3) is 0 Å². The maximum absolute atomic E-state index is 13.0. The van der Waals surface area contributed by atoms with Crippen molar-refractivity contribution in [1.82, 2.24) is 5.32 Å². The summed E-state index contributed by atoms with van der Waals surface area (Å²) in [4.78, 5) is 25.9. The molecule has 1 N–H and O–H groups in total. The van der Waals surface area contributed by atoms with E-state index in [4.69, 9.17) is 18.6 Å². The number of carbonyl (C=O) groups is 2. The maximum atomic E-state index is 13.0. The summed E-state index contributed by atoms with van der Waals surface area (Å²) in [5, 5.41) is 6.47. The van der Waals surface area contributed by atoms with Crippen LogP contribution in [0.3, 0.4) is 0 Å². The number of benzene rings is 2. The lowest BCUT2D eigenvalue weighted by Crippen LogP contribution is -2.66. The number of unbranched alkanes of at least 4 members (excludes halogenated alkanes) is 10. The second-order valence-electron chi connectivity index (χ2n) is 23.6. The molecule has 0 aliphatic heterocycles. The van der Waals surface area contributed by atoms with Gasteiger partial charge in [-0.05, 0) is 103 Å². The van der Waals surface area contributed by atoms with Gasteiger partial charge in [-0.3, -0.25) is 9.59 Å². The molecule has 75 heavy (non-hydrogen) atoms. The van der Waals surface area contributed by atoms with Gasteiger partial charge in [-0.15, -0.1) is 0 Å². The molecule has 2 aromatic rings. The molecule has 7 nitrogen and oxygen atoms in total. The molecule has 2 saturated carbocycles. The number of carbonyl (C=O) groups excluding carboxylic acids is 2.